The predicted octanol–water partition coefficient (Wildman–Crippen LogP) is 1.25. The van der Waals surface area contributed by atoms with Gasteiger partial charge >= 0.3 is 0 Å². The minimum atomic E-state index is -3.60. The van der Waals surface area contributed by atoms with Crippen LogP contribution in [0.4, 0.5) is 17.5 Å². The third kappa shape index (κ3) is 3.97. The van der Waals surface area contributed by atoms with E-state index in [1.807, 2.05) is 36.9 Å². The molecule has 1 N–H and O–H groups in total. The van der Waals surface area contributed by atoms with Gasteiger partial charge in [-0.2, -0.15) is 9.29 Å². The van der Waals surface area contributed by atoms with Crippen molar-refractivity contribution in [2.75, 3.05) is 55.4 Å². The highest BCUT2D eigenvalue weighted by atomic mass is 32.2. The van der Waals surface area contributed by atoms with Crippen molar-refractivity contribution in [1.29, 1.82) is 0 Å². The van der Waals surface area contributed by atoms with Crippen molar-refractivity contribution in [3.8, 4) is 0 Å². The number of carbonyl (C=O) groups is 1. The molecule has 1 saturated heterocycles. The number of aromatic nitrogens is 2. The number of hydrogen-bond donors (Lipinski definition) is 1. The first-order valence-electron chi connectivity index (χ1n) is 9.95. The number of sulfonamides is 1. The lowest BCUT2D eigenvalue weighted by atomic mass is 10.0. The van der Waals surface area contributed by atoms with E-state index in [1.54, 1.807) is 18.2 Å². The van der Waals surface area contributed by atoms with Crippen molar-refractivity contribution < 1.29 is 13.2 Å². The zero-order chi connectivity index (χ0) is 21.5. The lowest BCUT2D eigenvalue weighted by Crippen LogP contribution is -2.49. The molecule has 10 heteroatoms. The SMILES string of the molecule is Cc1cc(N(C)C)nc(N2CCN(S(=O)(=O)c3ccc4c(c3)CCC(=O)N4)CC2)n1. The molecule has 0 aliphatic carbocycles. The summed E-state index contributed by atoms with van der Waals surface area (Å²) in [6, 6.07) is 6.85. The van der Waals surface area contributed by atoms with Crippen LogP contribution in [0.2, 0.25) is 0 Å². The Morgan fingerprint density at radius 2 is 1.77 bits per heavy atom. The summed E-state index contributed by atoms with van der Waals surface area (Å²) in [7, 11) is 0.262. The second-order valence-electron chi connectivity index (χ2n) is 7.82. The van der Waals surface area contributed by atoms with Gasteiger partial charge < -0.3 is 15.1 Å². The Bertz CT molecular complexity index is 1080. The van der Waals surface area contributed by atoms with E-state index < -0.39 is 10.0 Å². The summed E-state index contributed by atoms with van der Waals surface area (Å²) in [5.41, 5.74) is 2.43. The summed E-state index contributed by atoms with van der Waals surface area (Å²) in [4.78, 5) is 24.9. The van der Waals surface area contributed by atoms with Crippen molar-refractivity contribution in [2.24, 2.45) is 0 Å². The molecule has 30 heavy (non-hydrogen) atoms. The number of piperazine rings is 1. The summed E-state index contributed by atoms with van der Waals surface area (Å²) >= 11 is 0. The molecule has 0 unspecified atom stereocenters. The normalized spacial score (nSPS) is 17.4. The van der Waals surface area contributed by atoms with Gasteiger partial charge in [-0.1, -0.05) is 0 Å². The number of amides is 1. The number of nitrogens with one attached hydrogen (secondary N) is 1. The molecular weight excluding hydrogens is 404 g/mol. The van der Waals surface area contributed by atoms with Gasteiger partial charge in [0.15, 0.2) is 0 Å². The van der Waals surface area contributed by atoms with Gasteiger partial charge in [0, 0.05) is 64.1 Å². The first kappa shape index (κ1) is 20.5. The minimum absolute atomic E-state index is 0.0370. The maximum Gasteiger partial charge on any atom is 0.243 e. The van der Waals surface area contributed by atoms with Gasteiger partial charge in [0.05, 0.1) is 4.90 Å². The van der Waals surface area contributed by atoms with Gasteiger partial charge in [0.25, 0.3) is 0 Å². The molecule has 1 aromatic heterocycles. The fourth-order valence-electron chi connectivity index (χ4n) is 3.70. The topological polar surface area (TPSA) is 98.7 Å². The number of benzene rings is 1. The molecule has 0 bridgehead atoms. The molecule has 9 nitrogen and oxygen atoms in total. The molecule has 2 aliphatic rings. The highest BCUT2D eigenvalue weighted by Crippen LogP contribution is 2.28. The van der Waals surface area contributed by atoms with E-state index in [9.17, 15) is 13.2 Å². The molecule has 0 saturated carbocycles. The second kappa shape index (κ2) is 7.84. The molecule has 4 rings (SSSR count). The van der Waals surface area contributed by atoms with Crippen LogP contribution in [0.15, 0.2) is 29.2 Å². The molecule has 1 fully saturated rings. The summed E-state index contributed by atoms with van der Waals surface area (Å²) in [6.07, 6.45) is 0.928. The zero-order valence-electron chi connectivity index (χ0n) is 17.4. The monoisotopic (exact) mass is 430 g/mol. The zero-order valence-corrected chi connectivity index (χ0v) is 18.2. The maximum absolute atomic E-state index is 13.2. The van der Waals surface area contributed by atoms with Gasteiger partial charge in [-0.25, -0.2) is 13.4 Å². The highest BCUT2D eigenvalue weighted by molar-refractivity contribution is 7.89. The van der Waals surface area contributed by atoms with Crippen LogP contribution in [0.25, 0.3) is 0 Å². The summed E-state index contributed by atoms with van der Waals surface area (Å²) in [6.45, 7) is 3.71. The number of nitrogens with zero attached hydrogens (tertiary/aromatic N) is 5. The molecular formula is C20H26N6O3S. The average Bonchev–Trinajstić information content (AvgIpc) is 2.73. The number of rotatable bonds is 4. The number of anilines is 3. The van der Waals surface area contributed by atoms with Crippen LogP contribution in [0, 0.1) is 6.92 Å². The fourth-order valence-corrected chi connectivity index (χ4v) is 5.18. The van der Waals surface area contributed by atoms with E-state index >= 15 is 0 Å². The number of carbonyl (C=O) groups excluding carboxylic acids is 1. The van der Waals surface area contributed by atoms with E-state index in [1.165, 1.54) is 4.31 Å². The number of hydrogen-bond acceptors (Lipinski definition) is 7. The average molecular weight is 431 g/mol. The number of fused-ring (bicyclic) bond motifs is 1. The van der Waals surface area contributed by atoms with Crippen molar-refractivity contribution >= 4 is 33.4 Å². The Kier molecular flexibility index (Phi) is 5.37. The Morgan fingerprint density at radius 3 is 2.47 bits per heavy atom. The Labute approximate surface area is 176 Å². The van der Waals surface area contributed by atoms with Gasteiger partial charge in [0.1, 0.15) is 5.82 Å². The molecule has 1 aromatic carbocycles. The van der Waals surface area contributed by atoms with E-state index in [0.717, 1.165) is 17.1 Å². The molecule has 0 radical (unpaired) electrons. The lowest BCUT2D eigenvalue weighted by molar-refractivity contribution is -0.116. The minimum Gasteiger partial charge on any atom is -0.363 e. The summed E-state index contributed by atoms with van der Waals surface area (Å²) in [5.74, 6) is 1.42. The van der Waals surface area contributed by atoms with Gasteiger partial charge in [0.2, 0.25) is 21.9 Å². The molecule has 2 aromatic rings. The van der Waals surface area contributed by atoms with Crippen molar-refractivity contribution in [1.82, 2.24) is 14.3 Å². The highest BCUT2D eigenvalue weighted by Gasteiger charge is 2.30. The van der Waals surface area contributed by atoms with Gasteiger partial charge in [-0.15, -0.1) is 0 Å². The first-order valence-corrected chi connectivity index (χ1v) is 11.4. The lowest BCUT2D eigenvalue weighted by Gasteiger charge is -2.34. The van der Waals surface area contributed by atoms with Crippen molar-refractivity contribution in [3.63, 3.8) is 0 Å². The van der Waals surface area contributed by atoms with E-state index in [2.05, 4.69) is 15.3 Å². The van der Waals surface area contributed by atoms with Crippen LogP contribution in [-0.2, 0) is 21.2 Å². The summed E-state index contributed by atoms with van der Waals surface area (Å²) < 4.78 is 27.8. The Balaban J connectivity index is 1.49. The smallest absolute Gasteiger partial charge is 0.243 e. The molecule has 2 aliphatic heterocycles. The van der Waals surface area contributed by atoms with E-state index in [4.69, 9.17) is 0 Å². The Morgan fingerprint density at radius 1 is 1.03 bits per heavy atom. The van der Waals surface area contributed by atoms with Gasteiger partial charge in [-0.3, -0.25) is 4.79 Å². The molecule has 0 atom stereocenters. The van der Waals surface area contributed by atoms with E-state index in [0.29, 0.717) is 50.7 Å². The quantitative estimate of drug-likeness (QED) is 0.779. The molecule has 160 valence electrons. The van der Waals surface area contributed by atoms with Crippen molar-refractivity contribution in [2.45, 2.75) is 24.7 Å². The maximum atomic E-state index is 13.2. The standard InChI is InChI=1S/C20H26N6O3S/c1-14-12-18(24(2)3)23-20(21-14)25-8-10-26(11-9-25)30(28,29)16-5-6-17-15(13-16)4-7-19(27)22-17/h5-6,12-13H,4,7-11H2,1-3H3,(H,22,27). The number of aryl methyl sites for hydroxylation is 2. The Hall–Kier alpha value is -2.72. The van der Waals surface area contributed by atoms with E-state index in [-0.39, 0.29) is 10.8 Å². The fraction of sp³-hybridized carbons (Fsp3) is 0.450. The van der Waals surface area contributed by atoms with Crippen LogP contribution in [-0.4, -0.2) is 68.9 Å². The predicted molar refractivity (Wildman–Crippen MR) is 115 cm³/mol. The molecule has 3 heterocycles. The van der Waals surface area contributed by atoms with Crippen LogP contribution in [0.5, 0.6) is 0 Å². The van der Waals surface area contributed by atoms with Crippen LogP contribution < -0.4 is 15.1 Å². The van der Waals surface area contributed by atoms with Crippen LogP contribution in [0.3, 0.4) is 0 Å². The first-order chi connectivity index (χ1) is 14.2. The van der Waals surface area contributed by atoms with Gasteiger partial charge in [-0.05, 0) is 37.1 Å². The second-order valence-corrected chi connectivity index (χ2v) is 9.76. The third-order valence-electron chi connectivity index (χ3n) is 5.42. The summed E-state index contributed by atoms with van der Waals surface area (Å²) in [5, 5.41) is 2.79. The molecule has 1 amide bonds. The van der Waals surface area contributed by atoms with Crippen LogP contribution in [0.1, 0.15) is 17.7 Å². The largest absolute Gasteiger partial charge is 0.363 e. The molecule has 0 spiro atoms. The third-order valence-corrected chi connectivity index (χ3v) is 7.31. The van der Waals surface area contributed by atoms with Crippen molar-refractivity contribution in [3.05, 3.63) is 35.5 Å². The van der Waals surface area contributed by atoms with Crippen LogP contribution >= 0.6 is 0 Å².